The molecule has 0 bridgehead atoms. The molecule has 0 spiro atoms. The number of hydrogen-bond acceptors (Lipinski definition) is 3. The molecule has 1 aliphatic heterocycles. The van der Waals surface area contributed by atoms with Gasteiger partial charge in [-0.3, -0.25) is 4.99 Å². The molecule has 0 atom stereocenters. The fourth-order valence-corrected chi connectivity index (χ4v) is 1.75. The summed E-state index contributed by atoms with van der Waals surface area (Å²) < 4.78 is 5.50. The predicted octanol–water partition coefficient (Wildman–Crippen LogP) is 2.48. The summed E-state index contributed by atoms with van der Waals surface area (Å²) in [5.41, 5.74) is 7.86. The third kappa shape index (κ3) is 2.13. The van der Waals surface area contributed by atoms with Gasteiger partial charge in [0.15, 0.2) is 5.72 Å². The topological polar surface area (TPSA) is 47.6 Å². The summed E-state index contributed by atoms with van der Waals surface area (Å²) in [6.07, 6.45) is 0. The lowest BCUT2D eigenvalue weighted by atomic mass is 10.1. The molecule has 0 radical (unpaired) electrons. The molecule has 2 N–H and O–H groups in total. The van der Waals surface area contributed by atoms with E-state index in [1.165, 1.54) is 0 Å². The summed E-state index contributed by atoms with van der Waals surface area (Å²) in [4.78, 5) is 4.45. The van der Waals surface area contributed by atoms with Crippen molar-refractivity contribution < 1.29 is 4.74 Å². The van der Waals surface area contributed by atoms with Gasteiger partial charge in [-0.1, -0.05) is 11.6 Å². The molecule has 1 aromatic carbocycles. The predicted molar refractivity (Wildman–Crippen MR) is 62.4 cm³/mol. The summed E-state index contributed by atoms with van der Waals surface area (Å²) in [6.45, 7) is 4.34. The van der Waals surface area contributed by atoms with Crippen molar-refractivity contribution in [2.75, 3.05) is 12.3 Å². The van der Waals surface area contributed by atoms with Crippen LogP contribution in [0.5, 0.6) is 0 Å². The molecule has 0 aliphatic carbocycles. The van der Waals surface area contributed by atoms with Crippen LogP contribution in [0, 0.1) is 0 Å². The van der Waals surface area contributed by atoms with E-state index in [-0.39, 0.29) is 0 Å². The molecule has 1 heterocycles. The number of ether oxygens (including phenoxy) is 1. The van der Waals surface area contributed by atoms with Crippen molar-refractivity contribution in [2.24, 2.45) is 4.99 Å². The Morgan fingerprint density at radius 2 is 2.20 bits per heavy atom. The lowest BCUT2D eigenvalue weighted by Crippen LogP contribution is -2.15. The van der Waals surface area contributed by atoms with Gasteiger partial charge in [0.05, 0.1) is 12.3 Å². The van der Waals surface area contributed by atoms with E-state index < -0.39 is 5.72 Å². The van der Waals surface area contributed by atoms with Gasteiger partial charge >= 0.3 is 0 Å². The SMILES string of the molecule is CC1(C)N=C(c2ccc(Cl)cc2N)CO1. The molecular weight excluding hydrogens is 212 g/mol. The van der Waals surface area contributed by atoms with Gasteiger partial charge in [-0.15, -0.1) is 0 Å². The monoisotopic (exact) mass is 224 g/mol. The first-order valence-corrected chi connectivity index (χ1v) is 5.14. The Balaban J connectivity index is 2.39. The maximum Gasteiger partial charge on any atom is 0.154 e. The minimum Gasteiger partial charge on any atom is -0.398 e. The number of nitrogen functional groups attached to an aromatic ring is 1. The van der Waals surface area contributed by atoms with Crippen LogP contribution in [0.1, 0.15) is 19.4 Å². The molecule has 1 aliphatic rings. The molecule has 0 amide bonds. The highest BCUT2D eigenvalue weighted by atomic mass is 35.5. The second-order valence-electron chi connectivity index (χ2n) is 4.03. The number of nitrogens with zero attached hydrogens (tertiary/aromatic N) is 1. The zero-order valence-corrected chi connectivity index (χ0v) is 9.51. The Hall–Kier alpha value is -1.06. The van der Waals surface area contributed by atoms with E-state index in [1.807, 2.05) is 19.9 Å². The number of rotatable bonds is 1. The van der Waals surface area contributed by atoms with Crippen LogP contribution in [0.25, 0.3) is 0 Å². The largest absolute Gasteiger partial charge is 0.398 e. The maximum atomic E-state index is 5.87. The number of anilines is 1. The van der Waals surface area contributed by atoms with E-state index in [0.29, 0.717) is 17.3 Å². The highest BCUT2D eigenvalue weighted by Crippen LogP contribution is 2.25. The van der Waals surface area contributed by atoms with Crippen LogP contribution in [-0.2, 0) is 4.74 Å². The van der Waals surface area contributed by atoms with Crippen molar-refractivity contribution in [2.45, 2.75) is 19.6 Å². The van der Waals surface area contributed by atoms with Gasteiger partial charge in [-0.05, 0) is 32.0 Å². The average Bonchev–Trinajstić information content (AvgIpc) is 2.46. The van der Waals surface area contributed by atoms with Gasteiger partial charge in [0.2, 0.25) is 0 Å². The molecule has 0 unspecified atom stereocenters. The lowest BCUT2D eigenvalue weighted by molar-refractivity contribution is 0.0327. The second kappa shape index (κ2) is 3.51. The van der Waals surface area contributed by atoms with E-state index in [9.17, 15) is 0 Å². The normalized spacial score (nSPS) is 19.0. The Kier molecular flexibility index (Phi) is 2.44. The summed E-state index contributed by atoms with van der Waals surface area (Å²) in [7, 11) is 0. The Morgan fingerprint density at radius 3 is 2.73 bits per heavy atom. The van der Waals surface area contributed by atoms with Crippen LogP contribution in [0.15, 0.2) is 23.2 Å². The van der Waals surface area contributed by atoms with Gasteiger partial charge in [-0.25, -0.2) is 0 Å². The van der Waals surface area contributed by atoms with Crippen LogP contribution in [0.4, 0.5) is 5.69 Å². The van der Waals surface area contributed by atoms with E-state index in [0.717, 1.165) is 11.3 Å². The first kappa shape index (κ1) is 10.5. The van der Waals surface area contributed by atoms with Crippen LogP contribution in [0.2, 0.25) is 5.02 Å². The number of benzene rings is 1. The van der Waals surface area contributed by atoms with Crippen molar-refractivity contribution in [1.29, 1.82) is 0 Å². The van der Waals surface area contributed by atoms with Gasteiger partial charge in [0.25, 0.3) is 0 Å². The quantitative estimate of drug-likeness (QED) is 0.745. The molecule has 0 saturated carbocycles. The van der Waals surface area contributed by atoms with Crippen molar-refractivity contribution in [3.8, 4) is 0 Å². The van der Waals surface area contributed by atoms with E-state index >= 15 is 0 Å². The van der Waals surface area contributed by atoms with Crippen molar-refractivity contribution in [3.63, 3.8) is 0 Å². The zero-order valence-electron chi connectivity index (χ0n) is 8.75. The van der Waals surface area contributed by atoms with Crippen LogP contribution in [0.3, 0.4) is 0 Å². The third-order valence-electron chi connectivity index (χ3n) is 2.29. The van der Waals surface area contributed by atoms with E-state index in [4.69, 9.17) is 22.1 Å². The Bertz CT molecular complexity index is 427. The second-order valence-corrected chi connectivity index (χ2v) is 4.46. The lowest BCUT2D eigenvalue weighted by Gasteiger charge is -2.11. The van der Waals surface area contributed by atoms with Crippen LogP contribution in [-0.4, -0.2) is 18.0 Å². The van der Waals surface area contributed by atoms with Gasteiger partial charge in [-0.2, -0.15) is 0 Å². The molecule has 15 heavy (non-hydrogen) atoms. The first-order valence-electron chi connectivity index (χ1n) is 4.76. The number of hydrogen-bond donors (Lipinski definition) is 1. The standard InChI is InChI=1S/C11H13ClN2O/c1-11(2)14-10(6-15-11)8-4-3-7(12)5-9(8)13/h3-5H,6,13H2,1-2H3. The van der Waals surface area contributed by atoms with Crippen LogP contribution >= 0.6 is 11.6 Å². The number of halogens is 1. The summed E-state index contributed by atoms with van der Waals surface area (Å²) >= 11 is 5.83. The molecule has 0 fully saturated rings. The molecule has 4 heteroatoms. The van der Waals surface area contributed by atoms with Gasteiger partial charge in [0, 0.05) is 16.3 Å². The number of aliphatic imine (C=N–C) groups is 1. The van der Waals surface area contributed by atoms with Crippen molar-refractivity contribution >= 4 is 23.0 Å². The average molecular weight is 225 g/mol. The molecular formula is C11H13ClN2O. The van der Waals surface area contributed by atoms with Crippen molar-refractivity contribution in [1.82, 2.24) is 0 Å². The highest BCUT2D eigenvalue weighted by Gasteiger charge is 2.26. The minimum atomic E-state index is -0.443. The zero-order chi connectivity index (χ0) is 11.1. The summed E-state index contributed by atoms with van der Waals surface area (Å²) in [5, 5.41) is 0.634. The van der Waals surface area contributed by atoms with Gasteiger partial charge in [0.1, 0.15) is 0 Å². The number of nitrogens with two attached hydrogens (primary N) is 1. The molecule has 3 nitrogen and oxygen atoms in total. The third-order valence-corrected chi connectivity index (χ3v) is 2.53. The van der Waals surface area contributed by atoms with Crippen LogP contribution < -0.4 is 5.73 Å². The summed E-state index contributed by atoms with van der Waals surface area (Å²) in [6, 6.07) is 5.41. The Labute approximate surface area is 93.9 Å². The fraction of sp³-hybridized carbons (Fsp3) is 0.364. The smallest absolute Gasteiger partial charge is 0.154 e. The van der Waals surface area contributed by atoms with E-state index in [1.54, 1.807) is 12.1 Å². The molecule has 80 valence electrons. The molecule has 0 aromatic heterocycles. The molecule has 1 aromatic rings. The van der Waals surface area contributed by atoms with Crippen molar-refractivity contribution in [3.05, 3.63) is 28.8 Å². The Morgan fingerprint density at radius 1 is 1.47 bits per heavy atom. The molecule has 0 saturated heterocycles. The fourth-order valence-electron chi connectivity index (χ4n) is 1.57. The first-order chi connectivity index (χ1) is 6.98. The molecule has 2 rings (SSSR count). The van der Waals surface area contributed by atoms with E-state index in [2.05, 4.69) is 4.99 Å². The summed E-state index contributed by atoms with van der Waals surface area (Å²) in [5.74, 6) is 0. The highest BCUT2D eigenvalue weighted by molar-refractivity contribution is 6.31. The maximum absolute atomic E-state index is 5.87. The van der Waals surface area contributed by atoms with Gasteiger partial charge < -0.3 is 10.5 Å². The minimum absolute atomic E-state index is 0.443.